The van der Waals surface area contributed by atoms with Crippen LogP contribution in [0, 0.1) is 11.6 Å². The van der Waals surface area contributed by atoms with E-state index in [1.807, 2.05) is 18.2 Å². The van der Waals surface area contributed by atoms with Crippen LogP contribution in [0.5, 0.6) is 11.5 Å². The minimum absolute atomic E-state index is 0.0916. The Balaban J connectivity index is 1.71. The highest BCUT2D eigenvalue weighted by Crippen LogP contribution is 2.29. The van der Waals surface area contributed by atoms with Gasteiger partial charge in [0.1, 0.15) is 29.7 Å². The van der Waals surface area contributed by atoms with Gasteiger partial charge in [-0.25, -0.2) is 18.7 Å². The van der Waals surface area contributed by atoms with Crippen molar-refractivity contribution in [1.82, 2.24) is 19.7 Å². The summed E-state index contributed by atoms with van der Waals surface area (Å²) in [5.41, 5.74) is 6.88. The third-order valence-electron chi connectivity index (χ3n) is 4.85. The van der Waals surface area contributed by atoms with Crippen LogP contribution in [0.1, 0.15) is 5.56 Å². The van der Waals surface area contributed by atoms with Gasteiger partial charge in [0.25, 0.3) is 0 Å². The smallest absolute Gasteiger partial charge is 0.182 e. The minimum Gasteiger partial charge on any atom is -0.491 e. The molecular formula is C22H21F2N5O3. The SMILES string of the molecule is COCCOc1cc(F)c(Cn2nc(-c3ncc(OC)c(N)n3)c3ccccc32)c(F)c1. The molecule has 0 aliphatic heterocycles. The number of ether oxygens (including phenoxy) is 3. The Morgan fingerprint density at radius 3 is 2.50 bits per heavy atom. The predicted octanol–water partition coefficient (Wildman–Crippen LogP) is 3.44. The number of methoxy groups -OCH3 is 2. The predicted molar refractivity (Wildman–Crippen MR) is 115 cm³/mol. The summed E-state index contributed by atoms with van der Waals surface area (Å²) in [4.78, 5) is 8.52. The lowest BCUT2D eigenvalue weighted by Gasteiger charge is -2.10. The molecule has 32 heavy (non-hydrogen) atoms. The highest BCUT2D eigenvalue weighted by atomic mass is 19.1. The van der Waals surface area contributed by atoms with Gasteiger partial charge in [0.2, 0.25) is 0 Å². The number of nitrogens with two attached hydrogens (primary N) is 1. The number of nitrogens with zero attached hydrogens (tertiary/aromatic N) is 4. The number of anilines is 1. The van der Waals surface area contributed by atoms with Crippen LogP contribution in [0.15, 0.2) is 42.6 Å². The number of para-hydroxylation sites is 1. The maximum absolute atomic E-state index is 14.7. The van der Waals surface area contributed by atoms with Crippen molar-refractivity contribution in [2.45, 2.75) is 6.54 Å². The van der Waals surface area contributed by atoms with Gasteiger partial charge in [-0.05, 0) is 6.07 Å². The molecule has 0 fully saturated rings. The molecule has 2 aromatic carbocycles. The molecule has 0 unspecified atom stereocenters. The number of halogens is 2. The van der Waals surface area contributed by atoms with E-state index < -0.39 is 11.6 Å². The Morgan fingerprint density at radius 2 is 1.81 bits per heavy atom. The Kier molecular flexibility index (Phi) is 6.13. The first-order chi connectivity index (χ1) is 15.5. The van der Waals surface area contributed by atoms with Gasteiger partial charge < -0.3 is 19.9 Å². The number of rotatable bonds is 8. The summed E-state index contributed by atoms with van der Waals surface area (Å²) in [6.45, 7) is 0.361. The number of hydrogen-bond acceptors (Lipinski definition) is 7. The van der Waals surface area contributed by atoms with Crippen molar-refractivity contribution < 1.29 is 23.0 Å². The molecule has 2 heterocycles. The van der Waals surface area contributed by atoms with Crippen LogP contribution in [-0.4, -0.2) is 47.2 Å². The van der Waals surface area contributed by atoms with E-state index >= 15 is 0 Å². The van der Waals surface area contributed by atoms with Crippen LogP contribution >= 0.6 is 0 Å². The van der Waals surface area contributed by atoms with Gasteiger partial charge in [0.05, 0.1) is 32.0 Å². The number of benzene rings is 2. The highest BCUT2D eigenvalue weighted by molar-refractivity contribution is 5.91. The Labute approximate surface area is 182 Å². The Morgan fingerprint density at radius 1 is 1.06 bits per heavy atom. The fourth-order valence-electron chi connectivity index (χ4n) is 3.28. The molecule has 0 aliphatic carbocycles. The molecule has 8 nitrogen and oxygen atoms in total. The third kappa shape index (κ3) is 4.17. The van der Waals surface area contributed by atoms with Crippen molar-refractivity contribution in [2.75, 3.05) is 33.2 Å². The molecule has 10 heteroatoms. The molecule has 2 aromatic heterocycles. The maximum atomic E-state index is 14.7. The first-order valence-electron chi connectivity index (χ1n) is 9.74. The van der Waals surface area contributed by atoms with Crippen LogP contribution in [0.2, 0.25) is 0 Å². The number of aromatic nitrogens is 4. The molecule has 0 spiro atoms. The van der Waals surface area contributed by atoms with Gasteiger partial charge in [-0.15, -0.1) is 0 Å². The van der Waals surface area contributed by atoms with E-state index in [0.29, 0.717) is 23.6 Å². The zero-order valence-electron chi connectivity index (χ0n) is 17.5. The monoisotopic (exact) mass is 441 g/mol. The van der Waals surface area contributed by atoms with E-state index in [1.54, 1.807) is 6.07 Å². The summed E-state index contributed by atoms with van der Waals surface area (Å²) in [5.74, 6) is -0.589. The second-order valence-electron chi connectivity index (χ2n) is 6.88. The van der Waals surface area contributed by atoms with Crippen LogP contribution in [0.25, 0.3) is 22.4 Å². The topological polar surface area (TPSA) is 97.3 Å². The minimum atomic E-state index is -0.733. The van der Waals surface area contributed by atoms with E-state index in [-0.39, 0.29) is 36.1 Å². The van der Waals surface area contributed by atoms with Crippen molar-refractivity contribution in [3.8, 4) is 23.0 Å². The molecule has 0 atom stereocenters. The molecule has 4 rings (SSSR count). The van der Waals surface area contributed by atoms with E-state index in [4.69, 9.17) is 19.9 Å². The highest BCUT2D eigenvalue weighted by Gasteiger charge is 2.19. The van der Waals surface area contributed by atoms with Gasteiger partial charge in [-0.1, -0.05) is 18.2 Å². The van der Waals surface area contributed by atoms with Crippen molar-refractivity contribution in [3.05, 3.63) is 59.8 Å². The molecule has 0 saturated carbocycles. The summed E-state index contributed by atoms with van der Waals surface area (Å²) in [5, 5.41) is 5.25. The molecule has 0 aliphatic rings. The van der Waals surface area contributed by atoms with Gasteiger partial charge in [0, 0.05) is 30.2 Å². The first-order valence-corrected chi connectivity index (χ1v) is 9.74. The Hall–Kier alpha value is -3.79. The van der Waals surface area contributed by atoms with Gasteiger partial charge in [0.15, 0.2) is 17.4 Å². The van der Waals surface area contributed by atoms with Crippen molar-refractivity contribution in [1.29, 1.82) is 0 Å². The average molecular weight is 441 g/mol. The van der Waals surface area contributed by atoms with E-state index in [1.165, 1.54) is 25.1 Å². The molecule has 2 N–H and O–H groups in total. The van der Waals surface area contributed by atoms with Gasteiger partial charge in [-0.3, -0.25) is 4.68 Å². The lowest BCUT2D eigenvalue weighted by molar-refractivity contribution is 0.146. The lowest BCUT2D eigenvalue weighted by Crippen LogP contribution is -2.09. The summed E-state index contributed by atoms with van der Waals surface area (Å²) in [6, 6.07) is 9.57. The quantitative estimate of drug-likeness (QED) is 0.418. The molecular weight excluding hydrogens is 420 g/mol. The van der Waals surface area contributed by atoms with E-state index in [0.717, 1.165) is 17.5 Å². The number of hydrogen-bond donors (Lipinski definition) is 1. The average Bonchev–Trinajstić information content (AvgIpc) is 3.15. The molecule has 0 amide bonds. The fraction of sp³-hybridized carbons (Fsp3) is 0.227. The van der Waals surface area contributed by atoms with Crippen molar-refractivity contribution in [2.24, 2.45) is 0 Å². The molecule has 166 valence electrons. The van der Waals surface area contributed by atoms with Gasteiger partial charge in [-0.2, -0.15) is 5.10 Å². The van der Waals surface area contributed by atoms with Crippen molar-refractivity contribution in [3.63, 3.8) is 0 Å². The molecule has 0 bridgehead atoms. The standard InChI is InChI=1S/C22H21F2N5O3/c1-30-7-8-32-13-9-16(23)15(17(24)10-13)12-29-18-6-4-3-5-14(18)20(28-29)22-26-11-19(31-2)21(25)27-22/h3-6,9-11H,7-8,12H2,1-2H3,(H2,25,26,27). The van der Waals surface area contributed by atoms with Crippen LogP contribution in [-0.2, 0) is 11.3 Å². The zero-order valence-corrected chi connectivity index (χ0v) is 17.5. The maximum Gasteiger partial charge on any atom is 0.182 e. The van der Waals surface area contributed by atoms with Crippen LogP contribution < -0.4 is 15.2 Å². The van der Waals surface area contributed by atoms with Crippen molar-refractivity contribution >= 4 is 16.7 Å². The molecule has 4 aromatic rings. The second kappa shape index (κ2) is 9.15. The lowest BCUT2D eigenvalue weighted by atomic mass is 10.1. The molecule has 0 saturated heterocycles. The summed E-state index contributed by atoms with van der Waals surface area (Å²) >= 11 is 0. The summed E-state index contributed by atoms with van der Waals surface area (Å²) in [7, 11) is 2.98. The van der Waals surface area contributed by atoms with E-state index in [2.05, 4.69) is 15.1 Å². The summed E-state index contributed by atoms with van der Waals surface area (Å²) in [6.07, 6.45) is 1.45. The van der Waals surface area contributed by atoms with Crippen LogP contribution in [0.4, 0.5) is 14.6 Å². The number of fused-ring (bicyclic) bond motifs is 1. The zero-order chi connectivity index (χ0) is 22.7. The first kappa shape index (κ1) is 21.4. The normalized spacial score (nSPS) is 11.1. The van der Waals surface area contributed by atoms with Crippen LogP contribution in [0.3, 0.4) is 0 Å². The summed E-state index contributed by atoms with van der Waals surface area (Å²) < 4.78 is 46.2. The van der Waals surface area contributed by atoms with Gasteiger partial charge >= 0.3 is 0 Å². The third-order valence-corrected chi connectivity index (χ3v) is 4.85. The Bertz CT molecular complexity index is 1240. The second-order valence-corrected chi connectivity index (χ2v) is 6.88. The molecule has 0 radical (unpaired) electrons. The largest absolute Gasteiger partial charge is 0.491 e. The number of nitrogen functional groups attached to an aromatic ring is 1. The fourth-order valence-corrected chi connectivity index (χ4v) is 3.28. The van der Waals surface area contributed by atoms with E-state index in [9.17, 15) is 8.78 Å².